The topological polar surface area (TPSA) is 96.0 Å². The second-order valence-electron chi connectivity index (χ2n) is 8.29. The van der Waals surface area contributed by atoms with E-state index in [2.05, 4.69) is 9.47 Å². The third kappa shape index (κ3) is 13.2. The predicted octanol–water partition coefficient (Wildman–Crippen LogP) is 4.93. The van der Waals surface area contributed by atoms with Crippen LogP contribution in [0.4, 0.5) is 0 Å². The summed E-state index contributed by atoms with van der Waals surface area (Å²) in [5.74, 6) is -0.860. The first kappa shape index (κ1) is 29.1. The molecule has 0 amide bonds. The summed E-state index contributed by atoms with van der Waals surface area (Å²) < 4.78 is 14.2. The van der Waals surface area contributed by atoms with Crippen LogP contribution in [0.15, 0.2) is 0 Å². The minimum Gasteiger partial charge on any atom is -0.469 e. The number of ether oxygens (including phenoxy) is 3. The van der Waals surface area contributed by atoms with Gasteiger partial charge < -0.3 is 14.2 Å². The van der Waals surface area contributed by atoms with Crippen LogP contribution in [0.5, 0.6) is 0 Å². The summed E-state index contributed by atoms with van der Waals surface area (Å²) in [6.07, 6.45) is 11.6. The number of carbonyl (C=O) groups excluding carboxylic acids is 4. The molecule has 0 saturated carbocycles. The minimum atomic E-state index is -1.08. The highest BCUT2D eigenvalue weighted by Gasteiger charge is 2.40. The van der Waals surface area contributed by atoms with E-state index in [0.717, 1.165) is 70.6 Å². The SMILES string of the molecule is COC(=O)CCCCCCCCC(=O)C(C)(CCCCCCCC(=O)OC)C(=O)OC. The van der Waals surface area contributed by atoms with E-state index in [9.17, 15) is 19.2 Å². The molecule has 0 aliphatic carbocycles. The second-order valence-corrected chi connectivity index (χ2v) is 8.29. The van der Waals surface area contributed by atoms with Crippen LogP contribution in [-0.4, -0.2) is 45.0 Å². The maximum Gasteiger partial charge on any atom is 0.319 e. The molecular weight excluding hydrogens is 400 g/mol. The van der Waals surface area contributed by atoms with Crippen molar-refractivity contribution >= 4 is 23.7 Å². The summed E-state index contributed by atoms with van der Waals surface area (Å²) in [5, 5.41) is 0. The highest BCUT2D eigenvalue weighted by Crippen LogP contribution is 2.30. The van der Waals surface area contributed by atoms with Gasteiger partial charge in [0.1, 0.15) is 11.2 Å². The standard InChI is InChI=1S/C24H42O7/c1-24(23(28)31-4,19-15-11-7-10-14-18-22(27)30-3)20(25)16-12-8-5-6-9-13-17-21(26)29-2/h5-19H2,1-4H3. The number of Topliss-reactive ketones (excluding diaryl/α,β-unsaturated/α-hetero) is 1. The van der Waals surface area contributed by atoms with E-state index in [1.807, 2.05) is 0 Å². The Balaban J connectivity index is 4.13. The van der Waals surface area contributed by atoms with Crippen molar-refractivity contribution in [2.24, 2.45) is 5.41 Å². The Labute approximate surface area is 187 Å². The first-order valence-electron chi connectivity index (χ1n) is 11.6. The van der Waals surface area contributed by atoms with Gasteiger partial charge in [-0.25, -0.2) is 0 Å². The number of rotatable bonds is 19. The quantitative estimate of drug-likeness (QED) is 0.121. The van der Waals surface area contributed by atoms with Gasteiger partial charge >= 0.3 is 17.9 Å². The summed E-state index contributed by atoms with van der Waals surface area (Å²) in [4.78, 5) is 47.2. The molecule has 7 heteroatoms. The maximum atomic E-state index is 12.8. The normalized spacial score (nSPS) is 12.6. The van der Waals surface area contributed by atoms with Crippen LogP contribution < -0.4 is 0 Å². The monoisotopic (exact) mass is 442 g/mol. The Morgan fingerprint density at radius 3 is 1.35 bits per heavy atom. The van der Waals surface area contributed by atoms with Crippen LogP contribution in [0.2, 0.25) is 0 Å². The Bertz CT molecular complexity index is 544. The van der Waals surface area contributed by atoms with Crippen molar-refractivity contribution in [2.45, 2.75) is 103 Å². The highest BCUT2D eigenvalue weighted by molar-refractivity contribution is 6.03. The number of hydrogen-bond acceptors (Lipinski definition) is 7. The molecule has 0 radical (unpaired) electrons. The molecule has 7 nitrogen and oxygen atoms in total. The van der Waals surface area contributed by atoms with Gasteiger partial charge in [0.25, 0.3) is 0 Å². The van der Waals surface area contributed by atoms with Gasteiger partial charge in [-0.05, 0) is 32.6 Å². The first-order chi connectivity index (χ1) is 14.8. The second kappa shape index (κ2) is 17.7. The minimum absolute atomic E-state index is 0.0456. The van der Waals surface area contributed by atoms with E-state index in [1.165, 1.54) is 21.3 Å². The average molecular weight is 443 g/mol. The zero-order valence-electron chi connectivity index (χ0n) is 20.0. The van der Waals surface area contributed by atoms with Crippen LogP contribution in [0.25, 0.3) is 0 Å². The van der Waals surface area contributed by atoms with Crippen LogP contribution in [0, 0.1) is 5.41 Å². The Hall–Kier alpha value is -1.92. The molecule has 0 heterocycles. The summed E-state index contributed by atoms with van der Waals surface area (Å²) in [6.45, 7) is 1.70. The molecule has 0 spiro atoms. The van der Waals surface area contributed by atoms with Crippen molar-refractivity contribution < 1.29 is 33.4 Å². The number of ketones is 1. The molecule has 0 bridgehead atoms. The van der Waals surface area contributed by atoms with E-state index in [4.69, 9.17) is 4.74 Å². The average Bonchev–Trinajstić information content (AvgIpc) is 2.78. The number of methoxy groups -OCH3 is 3. The van der Waals surface area contributed by atoms with Crippen molar-refractivity contribution in [3.8, 4) is 0 Å². The molecule has 0 rings (SSSR count). The van der Waals surface area contributed by atoms with Crippen molar-refractivity contribution in [1.82, 2.24) is 0 Å². The summed E-state index contributed by atoms with van der Waals surface area (Å²) in [6, 6.07) is 0. The molecule has 1 atom stereocenters. The first-order valence-corrected chi connectivity index (χ1v) is 11.6. The molecular formula is C24H42O7. The Kier molecular flexibility index (Phi) is 16.6. The van der Waals surface area contributed by atoms with Gasteiger partial charge in [0.2, 0.25) is 0 Å². The molecule has 180 valence electrons. The fourth-order valence-corrected chi connectivity index (χ4v) is 3.60. The molecule has 0 aromatic carbocycles. The maximum absolute atomic E-state index is 12.8. The van der Waals surface area contributed by atoms with Gasteiger partial charge in [-0.1, -0.05) is 51.4 Å². The van der Waals surface area contributed by atoms with Crippen molar-refractivity contribution in [3.05, 3.63) is 0 Å². The third-order valence-corrected chi connectivity index (χ3v) is 5.80. The number of carbonyl (C=O) groups is 4. The molecule has 0 saturated heterocycles. The van der Waals surface area contributed by atoms with E-state index in [1.54, 1.807) is 6.92 Å². The van der Waals surface area contributed by atoms with Crippen molar-refractivity contribution in [3.63, 3.8) is 0 Å². The van der Waals surface area contributed by atoms with E-state index in [-0.39, 0.29) is 17.7 Å². The molecule has 31 heavy (non-hydrogen) atoms. The highest BCUT2D eigenvalue weighted by atomic mass is 16.5. The summed E-state index contributed by atoms with van der Waals surface area (Å²) in [7, 11) is 4.12. The molecule has 0 aromatic heterocycles. The lowest BCUT2D eigenvalue weighted by atomic mass is 9.78. The fraction of sp³-hybridized carbons (Fsp3) is 0.833. The van der Waals surface area contributed by atoms with Crippen LogP contribution in [-0.2, 0) is 33.4 Å². The van der Waals surface area contributed by atoms with Crippen LogP contribution in [0.1, 0.15) is 103 Å². The Morgan fingerprint density at radius 1 is 0.548 bits per heavy atom. The number of unbranched alkanes of at least 4 members (excludes halogenated alkanes) is 9. The van der Waals surface area contributed by atoms with E-state index >= 15 is 0 Å². The molecule has 0 aliphatic heterocycles. The predicted molar refractivity (Wildman–Crippen MR) is 118 cm³/mol. The van der Waals surface area contributed by atoms with Gasteiger partial charge in [0.15, 0.2) is 0 Å². The largest absolute Gasteiger partial charge is 0.469 e. The molecule has 0 N–H and O–H groups in total. The van der Waals surface area contributed by atoms with Crippen LogP contribution in [0.3, 0.4) is 0 Å². The molecule has 0 fully saturated rings. The number of hydrogen-bond donors (Lipinski definition) is 0. The smallest absolute Gasteiger partial charge is 0.319 e. The lowest BCUT2D eigenvalue weighted by Gasteiger charge is -2.25. The van der Waals surface area contributed by atoms with Gasteiger partial charge in [-0.2, -0.15) is 0 Å². The van der Waals surface area contributed by atoms with Gasteiger partial charge in [0.05, 0.1) is 21.3 Å². The summed E-state index contributed by atoms with van der Waals surface area (Å²) >= 11 is 0. The summed E-state index contributed by atoms with van der Waals surface area (Å²) in [5.41, 5.74) is -1.08. The lowest BCUT2D eigenvalue weighted by Crippen LogP contribution is -2.37. The number of esters is 3. The molecule has 0 aromatic rings. The third-order valence-electron chi connectivity index (χ3n) is 5.80. The van der Waals surface area contributed by atoms with Crippen molar-refractivity contribution in [1.29, 1.82) is 0 Å². The van der Waals surface area contributed by atoms with E-state index < -0.39 is 11.4 Å². The van der Waals surface area contributed by atoms with Gasteiger partial charge in [0, 0.05) is 19.3 Å². The van der Waals surface area contributed by atoms with Crippen LogP contribution >= 0.6 is 0 Å². The molecule has 0 aliphatic rings. The fourth-order valence-electron chi connectivity index (χ4n) is 3.60. The zero-order chi connectivity index (χ0) is 23.5. The van der Waals surface area contributed by atoms with Gasteiger partial charge in [-0.15, -0.1) is 0 Å². The lowest BCUT2D eigenvalue weighted by molar-refractivity contribution is -0.157. The Morgan fingerprint density at radius 2 is 0.935 bits per heavy atom. The van der Waals surface area contributed by atoms with Crippen molar-refractivity contribution in [2.75, 3.05) is 21.3 Å². The zero-order valence-corrected chi connectivity index (χ0v) is 20.0. The van der Waals surface area contributed by atoms with E-state index in [0.29, 0.717) is 25.7 Å². The van der Waals surface area contributed by atoms with Gasteiger partial charge in [-0.3, -0.25) is 19.2 Å². The molecule has 1 unspecified atom stereocenters.